The fraction of sp³-hybridized carbons (Fsp3) is 0.474. The van der Waals surface area contributed by atoms with Crippen LogP contribution in [0.1, 0.15) is 55.2 Å². The van der Waals surface area contributed by atoms with E-state index in [4.69, 9.17) is 4.74 Å². The van der Waals surface area contributed by atoms with E-state index in [1.807, 2.05) is 0 Å². The average molecular weight is 396 g/mol. The van der Waals surface area contributed by atoms with Gasteiger partial charge in [-0.05, 0) is 38.5 Å². The molecule has 0 fully saturated rings. The molecular weight excluding hydrogens is 373 g/mol. The van der Waals surface area contributed by atoms with E-state index in [9.17, 15) is 18.0 Å². The lowest BCUT2D eigenvalue weighted by molar-refractivity contribution is -0.173. The molecule has 1 aliphatic heterocycles. The Hall–Kier alpha value is -2.71. The summed E-state index contributed by atoms with van der Waals surface area (Å²) in [6.07, 6.45) is -3.55. The molecule has 28 heavy (non-hydrogen) atoms. The van der Waals surface area contributed by atoms with Crippen LogP contribution in [0.4, 0.5) is 19.0 Å². The van der Waals surface area contributed by atoms with Crippen LogP contribution in [-0.2, 0) is 0 Å². The van der Waals surface area contributed by atoms with Crippen molar-refractivity contribution in [1.29, 1.82) is 0 Å². The van der Waals surface area contributed by atoms with E-state index in [2.05, 4.69) is 15.7 Å². The number of alkyl halides is 3. The maximum Gasteiger partial charge on any atom is 0.410 e. The number of anilines is 1. The Morgan fingerprint density at radius 2 is 1.89 bits per heavy atom. The van der Waals surface area contributed by atoms with Crippen molar-refractivity contribution >= 4 is 11.7 Å². The van der Waals surface area contributed by atoms with Crippen LogP contribution < -0.4 is 15.4 Å². The van der Waals surface area contributed by atoms with Gasteiger partial charge in [0.15, 0.2) is 6.04 Å². The Morgan fingerprint density at radius 1 is 1.25 bits per heavy atom. The first kappa shape index (κ1) is 20.0. The summed E-state index contributed by atoms with van der Waals surface area (Å²) in [6, 6.07) is 4.36. The molecule has 2 heterocycles. The molecule has 0 radical (unpaired) electrons. The summed E-state index contributed by atoms with van der Waals surface area (Å²) in [4.78, 5) is 12.6. The molecule has 0 aliphatic carbocycles. The van der Waals surface area contributed by atoms with Gasteiger partial charge in [0.2, 0.25) is 0 Å². The number of rotatable bonds is 3. The molecule has 152 valence electrons. The first-order chi connectivity index (χ1) is 13.0. The summed E-state index contributed by atoms with van der Waals surface area (Å²) in [7, 11) is 1.52. The van der Waals surface area contributed by atoms with Crippen molar-refractivity contribution in [1.82, 2.24) is 15.1 Å². The zero-order valence-electron chi connectivity index (χ0n) is 16.1. The molecule has 0 spiro atoms. The summed E-state index contributed by atoms with van der Waals surface area (Å²) in [5.41, 5.74) is 0.228. The number of amides is 1. The number of nitrogens with one attached hydrogen (secondary N) is 2. The Morgan fingerprint density at radius 3 is 2.43 bits per heavy atom. The molecule has 0 saturated carbocycles. The van der Waals surface area contributed by atoms with Gasteiger partial charge in [0.25, 0.3) is 5.91 Å². The van der Waals surface area contributed by atoms with Gasteiger partial charge in [-0.1, -0.05) is 12.1 Å². The molecule has 1 aromatic carbocycles. The van der Waals surface area contributed by atoms with Crippen LogP contribution in [0.25, 0.3) is 0 Å². The van der Waals surface area contributed by atoms with Crippen LogP contribution in [0.3, 0.4) is 0 Å². The number of halogens is 3. The summed E-state index contributed by atoms with van der Waals surface area (Å²) >= 11 is 0. The predicted octanol–water partition coefficient (Wildman–Crippen LogP) is 4.08. The van der Waals surface area contributed by atoms with Crippen molar-refractivity contribution in [2.45, 2.75) is 51.0 Å². The molecule has 2 aromatic rings. The molecule has 2 N–H and O–H groups in total. The van der Waals surface area contributed by atoms with Crippen LogP contribution in [0.15, 0.2) is 30.5 Å². The van der Waals surface area contributed by atoms with E-state index in [-0.39, 0.29) is 17.8 Å². The standard InChI is InChI=1S/C19H23F3N4O2/c1-18(2,3)25-17(27)13-10-23-26-15(19(20,21)22)9-14(24-16(13)26)11-5-7-12(28-4)8-6-11/h5-8,10,14-15,24H,9H2,1-4H3,(H,25,27)/t14-,15+/m0/s1. The quantitative estimate of drug-likeness (QED) is 0.820. The molecule has 1 aromatic heterocycles. The zero-order valence-corrected chi connectivity index (χ0v) is 16.1. The van der Waals surface area contributed by atoms with E-state index in [0.29, 0.717) is 11.3 Å². The highest BCUT2D eigenvalue weighted by Gasteiger charge is 2.47. The minimum atomic E-state index is -4.49. The fourth-order valence-corrected chi connectivity index (χ4v) is 3.19. The Balaban J connectivity index is 1.99. The van der Waals surface area contributed by atoms with Gasteiger partial charge >= 0.3 is 6.18 Å². The highest BCUT2D eigenvalue weighted by atomic mass is 19.4. The van der Waals surface area contributed by atoms with Gasteiger partial charge in [-0.3, -0.25) is 4.79 Å². The number of carbonyl (C=O) groups excluding carboxylic acids is 1. The summed E-state index contributed by atoms with van der Waals surface area (Å²) in [5.74, 6) is 0.205. The maximum absolute atomic E-state index is 13.7. The van der Waals surface area contributed by atoms with Crippen molar-refractivity contribution in [2.24, 2.45) is 0 Å². The normalized spacial score (nSPS) is 19.5. The topological polar surface area (TPSA) is 68.2 Å². The van der Waals surface area contributed by atoms with Crippen LogP contribution >= 0.6 is 0 Å². The van der Waals surface area contributed by atoms with Crippen molar-refractivity contribution in [2.75, 3.05) is 12.4 Å². The first-order valence-corrected chi connectivity index (χ1v) is 8.87. The van der Waals surface area contributed by atoms with Gasteiger partial charge in [-0.2, -0.15) is 18.3 Å². The second kappa shape index (κ2) is 7.03. The molecule has 0 saturated heterocycles. The van der Waals surface area contributed by atoms with Crippen molar-refractivity contribution in [3.63, 3.8) is 0 Å². The Labute approximate surface area is 161 Å². The highest BCUT2D eigenvalue weighted by Crippen LogP contribution is 2.44. The predicted molar refractivity (Wildman–Crippen MR) is 98.5 cm³/mol. The van der Waals surface area contributed by atoms with E-state index < -0.39 is 29.7 Å². The summed E-state index contributed by atoms with van der Waals surface area (Å²) in [5, 5.41) is 9.70. The van der Waals surface area contributed by atoms with Crippen LogP contribution in [0.2, 0.25) is 0 Å². The third kappa shape index (κ3) is 4.07. The lowest BCUT2D eigenvalue weighted by Gasteiger charge is -2.34. The van der Waals surface area contributed by atoms with Crippen LogP contribution in [0, 0.1) is 0 Å². The molecule has 6 nitrogen and oxygen atoms in total. The van der Waals surface area contributed by atoms with Gasteiger partial charge < -0.3 is 15.4 Å². The lowest BCUT2D eigenvalue weighted by atomic mass is 9.96. The number of hydrogen-bond donors (Lipinski definition) is 2. The van der Waals surface area contributed by atoms with E-state index >= 15 is 0 Å². The number of ether oxygens (including phenoxy) is 1. The monoisotopic (exact) mass is 396 g/mol. The summed E-state index contributed by atoms with van der Waals surface area (Å²) < 4.78 is 47.1. The van der Waals surface area contributed by atoms with Gasteiger partial charge in [-0.15, -0.1) is 0 Å². The SMILES string of the molecule is COc1ccc([C@@H]2C[C@H](C(F)(F)F)n3ncc(C(=O)NC(C)(C)C)c3N2)cc1. The summed E-state index contributed by atoms with van der Waals surface area (Å²) in [6.45, 7) is 5.40. The van der Waals surface area contributed by atoms with Gasteiger partial charge in [0.1, 0.15) is 17.1 Å². The molecular formula is C19H23F3N4O2. The number of fused-ring (bicyclic) bond motifs is 1. The first-order valence-electron chi connectivity index (χ1n) is 8.87. The maximum atomic E-state index is 13.7. The average Bonchev–Trinajstić information content (AvgIpc) is 3.02. The van der Waals surface area contributed by atoms with E-state index in [1.165, 1.54) is 13.3 Å². The number of nitrogens with zero attached hydrogens (tertiary/aromatic N) is 2. The third-order valence-corrected chi connectivity index (χ3v) is 4.49. The molecule has 2 atom stereocenters. The van der Waals surface area contributed by atoms with E-state index in [1.54, 1.807) is 45.0 Å². The number of aromatic nitrogens is 2. The molecule has 1 aliphatic rings. The minimum Gasteiger partial charge on any atom is -0.497 e. The van der Waals surface area contributed by atoms with Crippen LogP contribution in [-0.4, -0.2) is 34.5 Å². The lowest BCUT2D eigenvalue weighted by Crippen LogP contribution is -2.41. The highest BCUT2D eigenvalue weighted by molar-refractivity contribution is 5.99. The Bertz CT molecular complexity index is 854. The number of methoxy groups -OCH3 is 1. The number of benzene rings is 1. The Kier molecular flexibility index (Phi) is 5.03. The third-order valence-electron chi connectivity index (χ3n) is 4.49. The number of carbonyl (C=O) groups is 1. The fourth-order valence-electron chi connectivity index (χ4n) is 3.19. The molecule has 0 unspecified atom stereocenters. The van der Waals surface area contributed by atoms with Crippen molar-refractivity contribution in [3.8, 4) is 5.75 Å². The van der Waals surface area contributed by atoms with Gasteiger partial charge in [0, 0.05) is 12.0 Å². The smallest absolute Gasteiger partial charge is 0.410 e. The minimum absolute atomic E-state index is 0.0659. The van der Waals surface area contributed by atoms with Gasteiger partial charge in [-0.25, -0.2) is 4.68 Å². The molecule has 9 heteroatoms. The largest absolute Gasteiger partial charge is 0.497 e. The second-order valence-corrected chi connectivity index (χ2v) is 7.82. The zero-order chi connectivity index (χ0) is 20.7. The van der Waals surface area contributed by atoms with Gasteiger partial charge in [0.05, 0.1) is 19.3 Å². The molecule has 0 bridgehead atoms. The number of hydrogen-bond acceptors (Lipinski definition) is 4. The molecule has 1 amide bonds. The van der Waals surface area contributed by atoms with Crippen molar-refractivity contribution in [3.05, 3.63) is 41.6 Å². The van der Waals surface area contributed by atoms with Crippen LogP contribution in [0.5, 0.6) is 5.75 Å². The van der Waals surface area contributed by atoms with Crippen molar-refractivity contribution < 1.29 is 22.7 Å². The van der Waals surface area contributed by atoms with E-state index in [0.717, 1.165) is 4.68 Å². The second-order valence-electron chi connectivity index (χ2n) is 7.82. The molecule has 3 rings (SSSR count).